The normalized spacial score (nSPS) is 23.7. The standard InChI is InChI=1S/C15H20N2OS/c1-2-10-3-8-13-14(9-10)19-15(17-13)16-11-4-6-12(18)7-5-11/h3,8-9,11-12,18H,2,4-7H2,1H3,(H,16,17). The number of aliphatic hydroxyl groups excluding tert-OH is 1. The molecule has 0 unspecified atom stereocenters. The number of benzene rings is 1. The van der Waals surface area contributed by atoms with Crippen LogP contribution in [0.4, 0.5) is 5.13 Å². The van der Waals surface area contributed by atoms with Crippen molar-refractivity contribution in [2.24, 2.45) is 0 Å². The summed E-state index contributed by atoms with van der Waals surface area (Å²) in [5, 5.41) is 14.1. The van der Waals surface area contributed by atoms with Crippen molar-refractivity contribution in [2.45, 2.75) is 51.2 Å². The van der Waals surface area contributed by atoms with E-state index in [1.165, 1.54) is 10.3 Å². The molecule has 0 amide bonds. The highest BCUT2D eigenvalue weighted by molar-refractivity contribution is 7.22. The summed E-state index contributed by atoms with van der Waals surface area (Å²) in [6, 6.07) is 6.97. The molecule has 1 aromatic heterocycles. The van der Waals surface area contributed by atoms with E-state index in [2.05, 4.69) is 35.4 Å². The van der Waals surface area contributed by atoms with Gasteiger partial charge >= 0.3 is 0 Å². The zero-order valence-electron chi connectivity index (χ0n) is 11.2. The highest BCUT2D eigenvalue weighted by Crippen LogP contribution is 2.29. The van der Waals surface area contributed by atoms with Crippen LogP contribution in [0.25, 0.3) is 10.2 Å². The van der Waals surface area contributed by atoms with Crippen molar-refractivity contribution in [3.05, 3.63) is 23.8 Å². The van der Waals surface area contributed by atoms with Gasteiger partial charge in [-0.2, -0.15) is 0 Å². The van der Waals surface area contributed by atoms with E-state index in [0.717, 1.165) is 42.8 Å². The summed E-state index contributed by atoms with van der Waals surface area (Å²) in [7, 11) is 0. The van der Waals surface area contributed by atoms with Gasteiger partial charge in [0.1, 0.15) is 0 Å². The predicted molar refractivity (Wildman–Crippen MR) is 80.9 cm³/mol. The summed E-state index contributed by atoms with van der Waals surface area (Å²) in [5.74, 6) is 0. The van der Waals surface area contributed by atoms with Gasteiger partial charge in [-0.15, -0.1) is 0 Å². The number of aryl methyl sites for hydroxylation is 1. The maximum atomic E-state index is 9.52. The van der Waals surface area contributed by atoms with E-state index in [4.69, 9.17) is 0 Å². The van der Waals surface area contributed by atoms with Crippen LogP contribution in [0.15, 0.2) is 18.2 Å². The Labute approximate surface area is 117 Å². The molecule has 0 atom stereocenters. The molecule has 102 valence electrons. The molecule has 0 saturated heterocycles. The number of hydrogen-bond donors (Lipinski definition) is 2. The first kappa shape index (κ1) is 12.9. The lowest BCUT2D eigenvalue weighted by atomic mass is 9.93. The largest absolute Gasteiger partial charge is 0.393 e. The van der Waals surface area contributed by atoms with Crippen LogP contribution in [0.5, 0.6) is 0 Å². The summed E-state index contributed by atoms with van der Waals surface area (Å²) in [4.78, 5) is 4.65. The van der Waals surface area contributed by atoms with Crippen LogP contribution in [-0.4, -0.2) is 22.2 Å². The molecule has 4 heteroatoms. The molecule has 1 aliphatic rings. The van der Waals surface area contributed by atoms with E-state index >= 15 is 0 Å². The molecule has 0 spiro atoms. The zero-order chi connectivity index (χ0) is 13.2. The van der Waals surface area contributed by atoms with Gasteiger partial charge in [0, 0.05) is 6.04 Å². The Balaban J connectivity index is 1.74. The molecule has 2 N–H and O–H groups in total. The number of rotatable bonds is 3. The third-order valence-electron chi connectivity index (χ3n) is 3.89. The molecule has 3 rings (SSSR count). The highest BCUT2D eigenvalue weighted by Gasteiger charge is 2.20. The lowest BCUT2D eigenvalue weighted by molar-refractivity contribution is 0.126. The van der Waals surface area contributed by atoms with Gasteiger partial charge in [0.05, 0.1) is 16.3 Å². The summed E-state index contributed by atoms with van der Waals surface area (Å²) < 4.78 is 1.26. The molecular weight excluding hydrogens is 256 g/mol. The van der Waals surface area contributed by atoms with Gasteiger partial charge in [0.25, 0.3) is 0 Å². The first-order valence-electron chi connectivity index (χ1n) is 7.08. The number of aromatic nitrogens is 1. The monoisotopic (exact) mass is 276 g/mol. The SMILES string of the molecule is CCc1ccc2nc(NC3CCC(O)CC3)sc2c1. The van der Waals surface area contributed by atoms with Crippen LogP contribution in [-0.2, 0) is 6.42 Å². The number of aliphatic hydroxyl groups is 1. The van der Waals surface area contributed by atoms with Crippen molar-refractivity contribution in [2.75, 3.05) is 5.32 Å². The highest BCUT2D eigenvalue weighted by atomic mass is 32.1. The second kappa shape index (κ2) is 5.47. The van der Waals surface area contributed by atoms with Crippen molar-refractivity contribution < 1.29 is 5.11 Å². The van der Waals surface area contributed by atoms with E-state index in [1.54, 1.807) is 11.3 Å². The van der Waals surface area contributed by atoms with E-state index in [1.807, 2.05) is 0 Å². The molecule has 1 aromatic carbocycles. The summed E-state index contributed by atoms with van der Waals surface area (Å²) in [5.41, 5.74) is 2.45. The lowest BCUT2D eigenvalue weighted by Gasteiger charge is -2.25. The Bertz CT molecular complexity index is 558. The molecule has 0 radical (unpaired) electrons. The Hall–Kier alpha value is -1.13. The van der Waals surface area contributed by atoms with Gasteiger partial charge in [-0.3, -0.25) is 0 Å². The Morgan fingerprint density at radius 3 is 2.84 bits per heavy atom. The number of thiazole rings is 1. The third-order valence-corrected chi connectivity index (χ3v) is 4.83. The number of anilines is 1. The van der Waals surface area contributed by atoms with E-state index in [-0.39, 0.29) is 6.10 Å². The van der Waals surface area contributed by atoms with Gasteiger partial charge in [0.2, 0.25) is 0 Å². The number of nitrogens with one attached hydrogen (secondary N) is 1. The van der Waals surface area contributed by atoms with Crippen molar-refractivity contribution in [3.63, 3.8) is 0 Å². The van der Waals surface area contributed by atoms with Crippen LogP contribution in [0, 0.1) is 0 Å². The van der Waals surface area contributed by atoms with Crippen molar-refractivity contribution >= 4 is 26.7 Å². The fourth-order valence-electron chi connectivity index (χ4n) is 2.65. The maximum absolute atomic E-state index is 9.52. The lowest BCUT2D eigenvalue weighted by Crippen LogP contribution is -2.28. The summed E-state index contributed by atoms with van der Waals surface area (Å²) in [6.07, 6.45) is 4.86. The molecule has 0 aliphatic heterocycles. The molecule has 0 bridgehead atoms. The fourth-order valence-corrected chi connectivity index (χ4v) is 3.65. The third kappa shape index (κ3) is 2.90. The molecule has 1 fully saturated rings. The minimum Gasteiger partial charge on any atom is -0.393 e. The second-order valence-corrected chi connectivity index (χ2v) is 6.36. The maximum Gasteiger partial charge on any atom is 0.184 e. The Morgan fingerprint density at radius 2 is 2.11 bits per heavy atom. The average molecular weight is 276 g/mol. The number of hydrogen-bond acceptors (Lipinski definition) is 4. The number of fused-ring (bicyclic) bond motifs is 1. The van der Waals surface area contributed by atoms with Crippen molar-refractivity contribution in [3.8, 4) is 0 Å². The van der Waals surface area contributed by atoms with E-state index in [9.17, 15) is 5.11 Å². The Morgan fingerprint density at radius 1 is 1.32 bits per heavy atom. The molecule has 2 aromatic rings. The van der Waals surface area contributed by atoms with E-state index in [0.29, 0.717) is 6.04 Å². The minimum absolute atomic E-state index is 0.0967. The predicted octanol–water partition coefficient (Wildman–Crippen LogP) is 3.57. The molecule has 1 heterocycles. The van der Waals surface area contributed by atoms with Crippen LogP contribution < -0.4 is 5.32 Å². The van der Waals surface area contributed by atoms with Crippen LogP contribution >= 0.6 is 11.3 Å². The Kier molecular flexibility index (Phi) is 3.71. The second-order valence-electron chi connectivity index (χ2n) is 5.32. The van der Waals surface area contributed by atoms with Gasteiger partial charge in [-0.25, -0.2) is 4.98 Å². The first-order chi connectivity index (χ1) is 9.24. The van der Waals surface area contributed by atoms with Crippen LogP contribution in [0.1, 0.15) is 38.2 Å². The zero-order valence-corrected chi connectivity index (χ0v) is 12.0. The number of nitrogens with zero attached hydrogens (tertiary/aromatic N) is 1. The summed E-state index contributed by atoms with van der Waals surface area (Å²) >= 11 is 1.74. The van der Waals surface area contributed by atoms with Crippen LogP contribution in [0.2, 0.25) is 0 Å². The quantitative estimate of drug-likeness (QED) is 0.900. The molecule has 1 aliphatic carbocycles. The molecule has 3 nitrogen and oxygen atoms in total. The van der Waals surface area contributed by atoms with Crippen molar-refractivity contribution in [1.29, 1.82) is 0 Å². The van der Waals surface area contributed by atoms with Crippen LogP contribution in [0.3, 0.4) is 0 Å². The molecule has 1 saturated carbocycles. The minimum atomic E-state index is -0.0967. The smallest absolute Gasteiger partial charge is 0.184 e. The van der Waals surface area contributed by atoms with Gasteiger partial charge in [0.15, 0.2) is 5.13 Å². The summed E-state index contributed by atoms with van der Waals surface area (Å²) in [6.45, 7) is 2.18. The molecular formula is C15H20N2OS. The fraction of sp³-hybridized carbons (Fsp3) is 0.533. The molecule has 19 heavy (non-hydrogen) atoms. The van der Waals surface area contributed by atoms with Gasteiger partial charge < -0.3 is 10.4 Å². The van der Waals surface area contributed by atoms with Gasteiger partial charge in [-0.05, 0) is 49.8 Å². The van der Waals surface area contributed by atoms with Gasteiger partial charge in [-0.1, -0.05) is 24.3 Å². The first-order valence-corrected chi connectivity index (χ1v) is 7.90. The van der Waals surface area contributed by atoms with E-state index < -0.39 is 0 Å². The van der Waals surface area contributed by atoms with Crippen molar-refractivity contribution in [1.82, 2.24) is 4.98 Å². The average Bonchev–Trinajstić information content (AvgIpc) is 2.82. The topological polar surface area (TPSA) is 45.2 Å².